The molecule has 0 atom stereocenters. The Morgan fingerprint density at radius 2 is 1.86 bits per heavy atom. The fourth-order valence-corrected chi connectivity index (χ4v) is 4.46. The van der Waals surface area contributed by atoms with Gasteiger partial charge in [0.25, 0.3) is 0 Å². The van der Waals surface area contributed by atoms with Gasteiger partial charge in [-0.3, -0.25) is 4.98 Å². The standard InChI is InChI=1S/C19H25N5O2S.HI/c20-19(22-12-10-17-5-1-2-11-21-17)23-15-16-6-8-18(9-7-16)27(25,26)24-13-3-4-14-24;/h1-2,5-9,11H,3-4,10,12-15H2,(H3,20,22,23);1H. The van der Waals surface area contributed by atoms with Crippen LogP contribution in [-0.2, 0) is 23.0 Å². The Morgan fingerprint density at radius 1 is 1.14 bits per heavy atom. The second-order valence-electron chi connectivity index (χ2n) is 6.45. The minimum atomic E-state index is -3.37. The van der Waals surface area contributed by atoms with Crippen molar-refractivity contribution in [3.05, 3.63) is 59.9 Å². The van der Waals surface area contributed by atoms with Crippen molar-refractivity contribution in [3.63, 3.8) is 0 Å². The summed E-state index contributed by atoms with van der Waals surface area (Å²) in [5.74, 6) is 0.361. The summed E-state index contributed by atoms with van der Waals surface area (Å²) in [6, 6.07) is 12.7. The molecule has 2 aromatic rings. The van der Waals surface area contributed by atoms with Crippen molar-refractivity contribution in [2.24, 2.45) is 10.7 Å². The van der Waals surface area contributed by atoms with Crippen LogP contribution in [0.25, 0.3) is 0 Å². The van der Waals surface area contributed by atoms with Crippen LogP contribution in [0.1, 0.15) is 24.1 Å². The summed E-state index contributed by atoms with van der Waals surface area (Å²) in [5.41, 5.74) is 7.78. The van der Waals surface area contributed by atoms with E-state index in [4.69, 9.17) is 5.73 Å². The maximum absolute atomic E-state index is 12.5. The number of benzene rings is 1. The van der Waals surface area contributed by atoms with Crippen LogP contribution in [0.4, 0.5) is 0 Å². The number of rotatable bonds is 7. The number of hydrogen-bond donors (Lipinski definition) is 2. The van der Waals surface area contributed by atoms with Gasteiger partial charge in [0.05, 0.1) is 11.4 Å². The zero-order valence-corrected chi connectivity index (χ0v) is 18.8. The number of nitrogens with two attached hydrogens (primary N) is 1. The first-order valence-corrected chi connectivity index (χ1v) is 10.5. The van der Waals surface area contributed by atoms with E-state index in [0.717, 1.165) is 30.5 Å². The summed E-state index contributed by atoms with van der Waals surface area (Å²) in [7, 11) is -3.37. The minimum Gasteiger partial charge on any atom is -0.370 e. The number of pyridine rings is 1. The smallest absolute Gasteiger partial charge is 0.243 e. The maximum Gasteiger partial charge on any atom is 0.243 e. The van der Waals surface area contributed by atoms with E-state index in [1.54, 1.807) is 34.8 Å². The molecule has 0 bridgehead atoms. The van der Waals surface area contributed by atoms with Crippen molar-refractivity contribution < 1.29 is 8.42 Å². The van der Waals surface area contributed by atoms with Crippen LogP contribution in [0.15, 0.2) is 58.5 Å². The molecule has 2 heterocycles. The topological polar surface area (TPSA) is 101 Å². The SMILES string of the molecule is I.NC(=NCc1ccc(S(=O)(=O)N2CCCC2)cc1)NCCc1ccccn1. The van der Waals surface area contributed by atoms with E-state index in [2.05, 4.69) is 15.3 Å². The average molecular weight is 515 g/mol. The van der Waals surface area contributed by atoms with Gasteiger partial charge in [-0.25, -0.2) is 13.4 Å². The number of aliphatic imine (C=N–C) groups is 1. The molecule has 0 saturated carbocycles. The largest absolute Gasteiger partial charge is 0.370 e. The summed E-state index contributed by atoms with van der Waals surface area (Å²) in [6.07, 6.45) is 4.39. The summed E-state index contributed by atoms with van der Waals surface area (Å²) in [6.45, 7) is 2.26. The number of aromatic nitrogens is 1. The Kier molecular flexibility index (Phi) is 8.64. The van der Waals surface area contributed by atoms with Gasteiger partial charge in [-0.05, 0) is 42.7 Å². The lowest BCUT2D eigenvalue weighted by atomic mass is 10.2. The molecule has 0 spiro atoms. The van der Waals surface area contributed by atoms with Gasteiger partial charge in [0.2, 0.25) is 10.0 Å². The summed E-state index contributed by atoms with van der Waals surface area (Å²) in [4.78, 5) is 8.88. The lowest BCUT2D eigenvalue weighted by Gasteiger charge is -2.15. The molecule has 0 amide bonds. The molecule has 0 aliphatic carbocycles. The maximum atomic E-state index is 12.5. The van der Waals surface area contributed by atoms with Crippen LogP contribution < -0.4 is 11.1 Å². The lowest BCUT2D eigenvalue weighted by Crippen LogP contribution is -2.33. The van der Waals surface area contributed by atoms with E-state index < -0.39 is 10.0 Å². The molecule has 0 unspecified atom stereocenters. The monoisotopic (exact) mass is 515 g/mol. The number of nitrogens with one attached hydrogen (secondary N) is 1. The van der Waals surface area contributed by atoms with Crippen molar-refractivity contribution in [1.29, 1.82) is 0 Å². The summed E-state index contributed by atoms with van der Waals surface area (Å²) in [5, 5.41) is 3.06. The van der Waals surface area contributed by atoms with E-state index in [-0.39, 0.29) is 24.0 Å². The fourth-order valence-electron chi connectivity index (χ4n) is 2.94. The third-order valence-electron chi connectivity index (χ3n) is 4.47. The van der Waals surface area contributed by atoms with Crippen LogP contribution >= 0.6 is 24.0 Å². The van der Waals surface area contributed by atoms with Crippen LogP contribution in [0.2, 0.25) is 0 Å². The normalized spacial score (nSPS) is 15.2. The van der Waals surface area contributed by atoms with Gasteiger partial charge in [-0.1, -0.05) is 18.2 Å². The molecular weight excluding hydrogens is 489 g/mol. The Morgan fingerprint density at radius 3 is 2.50 bits per heavy atom. The van der Waals surface area contributed by atoms with Crippen LogP contribution in [0.3, 0.4) is 0 Å². The molecule has 3 rings (SSSR count). The molecule has 3 N–H and O–H groups in total. The molecule has 1 fully saturated rings. The van der Waals surface area contributed by atoms with E-state index >= 15 is 0 Å². The van der Waals surface area contributed by atoms with Gasteiger partial charge < -0.3 is 11.1 Å². The highest BCUT2D eigenvalue weighted by molar-refractivity contribution is 14.0. The minimum absolute atomic E-state index is 0. The Bertz CT molecular complexity index is 867. The van der Waals surface area contributed by atoms with Gasteiger partial charge in [0, 0.05) is 37.9 Å². The second-order valence-corrected chi connectivity index (χ2v) is 8.39. The van der Waals surface area contributed by atoms with E-state index in [9.17, 15) is 8.42 Å². The van der Waals surface area contributed by atoms with E-state index in [0.29, 0.717) is 37.0 Å². The molecule has 7 nitrogen and oxygen atoms in total. The fraction of sp³-hybridized carbons (Fsp3) is 0.368. The molecule has 1 aromatic heterocycles. The third kappa shape index (κ3) is 6.14. The molecule has 9 heteroatoms. The number of nitrogens with zero attached hydrogens (tertiary/aromatic N) is 3. The third-order valence-corrected chi connectivity index (χ3v) is 6.38. The van der Waals surface area contributed by atoms with Crippen molar-refractivity contribution >= 4 is 40.0 Å². The molecule has 0 radical (unpaired) electrons. The molecular formula is C19H26IN5O2S. The van der Waals surface area contributed by atoms with Gasteiger partial charge in [-0.2, -0.15) is 4.31 Å². The number of guanidine groups is 1. The molecule has 152 valence electrons. The Balaban J connectivity index is 0.00000280. The number of sulfonamides is 1. The van der Waals surface area contributed by atoms with Crippen molar-refractivity contribution in [2.75, 3.05) is 19.6 Å². The van der Waals surface area contributed by atoms with Crippen molar-refractivity contribution in [1.82, 2.24) is 14.6 Å². The molecule has 1 aliphatic rings. The van der Waals surface area contributed by atoms with Gasteiger partial charge >= 0.3 is 0 Å². The summed E-state index contributed by atoms with van der Waals surface area (Å²) >= 11 is 0. The predicted octanol–water partition coefficient (Wildman–Crippen LogP) is 2.13. The van der Waals surface area contributed by atoms with Crippen molar-refractivity contribution in [2.45, 2.75) is 30.7 Å². The average Bonchev–Trinajstić information content (AvgIpc) is 3.23. The highest BCUT2D eigenvalue weighted by atomic mass is 127. The zero-order valence-electron chi connectivity index (χ0n) is 15.6. The molecule has 28 heavy (non-hydrogen) atoms. The lowest BCUT2D eigenvalue weighted by molar-refractivity contribution is 0.477. The van der Waals surface area contributed by atoms with Gasteiger partial charge in [0.15, 0.2) is 5.96 Å². The Hall–Kier alpha value is -1.72. The van der Waals surface area contributed by atoms with E-state index in [1.165, 1.54) is 0 Å². The van der Waals surface area contributed by atoms with Crippen LogP contribution in [0.5, 0.6) is 0 Å². The Labute approximate surface area is 183 Å². The van der Waals surface area contributed by atoms with E-state index in [1.807, 2.05) is 18.2 Å². The quantitative estimate of drug-likeness (QED) is 0.335. The highest BCUT2D eigenvalue weighted by Crippen LogP contribution is 2.21. The predicted molar refractivity (Wildman–Crippen MR) is 121 cm³/mol. The molecule has 1 saturated heterocycles. The number of hydrogen-bond acceptors (Lipinski definition) is 4. The van der Waals surface area contributed by atoms with Crippen molar-refractivity contribution in [3.8, 4) is 0 Å². The first kappa shape index (κ1) is 22.6. The van der Waals surface area contributed by atoms with Crippen LogP contribution in [0, 0.1) is 0 Å². The van der Waals surface area contributed by atoms with Gasteiger partial charge in [0.1, 0.15) is 0 Å². The summed E-state index contributed by atoms with van der Waals surface area (Å²) < 4.78 is 26.6. The number of halogens is 1. The second kappa shape index (κ2) is 10.7. The highest BCUT2D eigenvalue weighted by Gasteiger charge is 2.26. The first-order valence-electron chi connectivity index (χ1n) is 9.08. The molecule has 1 aliphatic heterocycles. The first-order chi connectivity index (χ1) is 13.1. The zero-order chi connectivity index (χ0) is 19.1. The van der Waals surface area contributed by atoms with Gasteiger partial charge in [-0.15, -0.1) is 24.0 Å². The molecule has 1 aromatic carbocycles. The van der Waals surface area contributed by atoms with Crippen LogP contribution in [-0.4, -0.2) is 43.3 Å².